The first-order valence-corrected chi connectivity index (χ1v) is 5.11. The van der Waals surface area contributed by atoms with Crippen LogP contribution in [0.3, 0.4) is 0 Å². The van der Waals surface area contributed by atoms with E-state index in [1.807, 2.05) is 0 Å². The average molecular weight is 169 g/mol. The maximum atomic E-state index is 10.1. The van der Waals surface area contributed by atoms with E-state index in [-0.39, 0.29) is 11.5 Å². The molecule has 1 unspecified atom stereocenters. The number of nitrogens with one attached hydrogen (secondary N) is 1. The van der Waals surface area contributed by atoms with E-state index in [4.69, 9.17) is 0 Å². The first-order chi connectivity index (χ1) is 5.72. The zero-order valence-corrected chi connectivity index (χ0v) is 7.84. The van der Waals surface area contributed by atoms with Crippen molar-refractivity contribution in [1.82, 2.24) is 5.32 Å². The topological polar surface area (TPSA) is 32.3 Å². The number of hydrogen-bond donors (Lipinski definition) is 2. The predicted octanol–water partition coefficient (Wildman–Crippen LogP) is 1.15. The van der Waals surface area contributed by atoms with Gasteiger partial charge >= 0.3 is 0 Å². The van der Waals surface area contributed by atoms with E-state index in [0.29, 0.717) is 5.92 Å². The molecule has 0 aromatic carbocycles. The second-order valence-electron chi connectivity index (χ2n) is 4.72. The second kappa shape index (κ2) is 3.00. The third kappa shape index (κ3) is 1.27. The van der Waals surface area contributed by atoms with Crippen molar-refractivity contribution in [2.24, 2.45) is 11.3 Å². The quantitative estimate of drug-likeness (QED) is 0.650. The molecule has 2 aliphatic rings. The van der Waals surface area contributed by atoms with Crippen molar-refractivity contribution in [3.63, 3.8) is 0 Å². The Kier molecular flexibility index (Phi) is 2.13. The smallest absolute Gasteiger partial charge is 0.0646 e. The van der Waals surface area contributed by atoms with Crippen molar-refractivity contribution in [2.45, 2.75) is 38.7 Å². The molecule has 2 fully saturated rings. The van der Waals surface area contributed by atoms with Crippen LogP contribution in [0.15, 0.2) is 0 Å². The van der Waals surface area contributed by atoms with E-state index in [1.54, 1.807) is 0 Å². The molecule has 1 atom stereocenters. The molecule has 70 valence electrons. The van der Waals surface area contributed by atoms with E-state index in [2.05, 4.69) is 12.2 Å². The maximum absolute atomic E-state index is 10.1. The molecule has 1 aliphatic carbocycles. The van der Waals surface area contributed by atoms with Gasteiger partial charge in [-0.25, -0.2) is 0 Å². The normalized spacial score (nSPS) is 31.5. The van der Waals surface area contributed by atoms with Crippen LogP contribution >= 0.6 is 0 Å². The molecule has 12 heavy (non-hydrogen) atoms. The van der Waals surface area contributed by atoms with Gasteiger partial charge in [0.15, 0.2) is 0 Å². The SMILES string of the molecule is CC1(C(O)C2CNC2)CCCC1. The van der Waals surface area contributed by atoms with Crippen molar-refractivity contribution in [1.29, 1.82) is 0 Å². The Morgan fingerprint density at radius 1 is 1.33 bits per heavy atom. The lowest BCUT2D eigenvalue weighted by Crippen LogP contribution is -2.53. The fourth-order valence-electron chi connectivity index (χ4n) is 2.58. The largest absolute Gasteiger partial charge is 0.392 e. The Labute approximate surface area is 74.4 Å². The molecule has 1 saturated carbocycles. The monoisotopic (exact) mass is 169 g/mol. The summed E-state index contributed by atoms with van der Waals surface area (Å²) in [5.41, 5.74) is 0.243. The predicted molar refractivity (Wildman–Crippen MR) is 48.9 cm³/mol. The van der Waals surface area contributed by atoms with E-state index in [1.165, 1.54) is 25.7 Å². The highest BCUT2D eigenvalue weighted by molar-refractivity contribution is 4.94. The Bertz CT molecular complexity index is 159. The molecule has 1 saturated heterocycles. The first-order valence-electron chi connectivity index (χ1n) is 5.11. The molecule has 0 bridgehead atoms. The summed E-state index contributed by atoms with van der Waals surface area (Å²) in [7, 11) is 0. The van der Waals surface area contributed by atoms with E-state index in [9.17, 15) is 5.11 Å². The van der Waals surface area contributed by atoms with Crippen LogP contribution < -0.4 is 5.32 Å². The molecule has 0 aromatic heterocycles. The van der Waals surface area contributed by atoms with Crippen molar-refractivity contribution in [2.75, 3.05) is 13.1 Å². The van der Waals surface area contributed by atoms with Crippen LogP contribution in [-0.2, 0) is 0 Å². The number of aliphatic hydroxyl groups excluding tert-OH is 1. The third-order valence-corrected chi connectivity index (χ3v) is 3.72. The van der Waals surface area contributed by atoms with Crippen molar-refractivity contribution in [3.05, 3.63) is 0 Å². The highest BCUT2D eigenvalue weighted by Gasteiger charge is 2.41. The van der Waals surface area contributed by atoms with Gasteiger partial charge in [-0.1, -0.05) is 19.8 Å². The summed E-state index contributed by atoms with van der Waals surface area (Å²) in [6, 6.07) is 0. The van der Waals surface area contributed by atoms with Crippen molar-refractivity contribution in [3.8, 4) is 0 Å². The molecule has 2 nitrogen and oxygen atoms in total. The molecule has 0 radical (unpaired) electrons. The number of hydrogen-bond acceptors (Lipinski definition) is 2. The maximum Gasteiger partial charge on any atom is 0.0646 e. The summed E-state index contributed by atoms with van der Waals surface area (Å²) >= 11 is 0. The molecule has 0 amide bonds. The minimum absolute atomic E-state index is 0.0544. The zero-order valence-electron chi connectivity index (χ0n) is 7.84. The Morgan fingerprint density at radius 2 is 1.92 bits per heavy atom. The van der Waals surface area contributed by atoms with Crippen LogP contribution in [0.2, 0.25) is 0 Å². The minimum Gasteiger partial charge on any atom is -0.392 e. The summed E-state index contributed by atoms with van der Waals surface area (Å²) in [5.74, 6) is 0.535. The lowest BCUT2D eigenvalue weighted by Gasteiger charge is -2.40. The van der Waals surface area contributed by atoms with Gasteiger partial charge in [0.1, 0.15) is 0 Å². The molecular weight excluding hydrogens is 150 g/mol. The first kappa shape index (κ1) is 8.52. The van der Waals surface area contributed by atoms with Crippen LogP contribution in [0.1, 0.15) is 32.6 Å². The van der Waals surface area contributed by atoms with Gasteiger partial charge in [-0.05, 0) is 18.3 Å². The Balaban J connectivity index is 1.96. The van der Waals surface area contributed by atoms with Gasteiger partial charge in [-0.15, -0.1) is 0 Å². The van der Waals surface area contributed by atoms with Gasteiger partial charge in [0.25, 0.3) is 0 Å². The number of aliphatic hydroxyl groups is 1. The van der Waals surface area contributed by atoms with Crippen molar-refractivity contribution >= 4 is 0 Å². The lowest BCUT2D eigenvalue weighted by molar-refractivity contribution is -0.0232. The molecule has 1 aliphatic heterocycles. The standard InChI is InChI=1S/C10H19NO/c1-10(4-2-3-5-10)9(12)8-6-11-7-8/h8-9,11-12H,2-7H2,1H3. The number of rotatable bonds is 2. The van der Waals surface area contributed by atoms with E-state index in [0.717, 1.165) is 13.1 Å². The van der Waals surface area contributed by atoms with Gasteiger partial charge in [-0.2, -0.15) is 0 Å². The second-order valence-corrected chi connectivity index (χ2v) is 4.72. The average Bonchev–Trinajstić information content (AvgIpc) is 2.33. The fourth-order valence-corrected chi connectivity index (χ4v) is 2.58. The van der Waals surface area contributed by atoms with E-state index >= 15 is 0 Å². The van der Waals surface area contributed by atoms with Crippen LogP contribution in [-0.4, -0.2) is 24.3 Å². The van der Waals surface area contributed by atoms with Crippen LogP contribution in [0.25, 0.3) is 0 Å². The van der Waals surface area contributed by atoms with Crippen LogP contribution in [0.4, 0.5) is 0 Å². The zero-order chi connectivity index (χ0) is 8.60. The fraction of sp³-hybridized carbons (Fsp3) is 1.00. The molecule has 0 spiro atoms. The van der Waals surface area contributed by atoms with Gasteiger partial charge in [-0.3, -0.25) is 0 Å². The lowest BCUT2D eigenvalue weighted by atomic mass is 9.75. The summed E-state index contributed by atoms with van der Waals surface area (Å²) < 4.78 is 0. The summed E-state index contributed by atoms with van der Waals surface area (Å²) in [6.45, 7) is 4.30. The summed E-state index contributed by atoms with van der Waals surface area (Å²) in [6.07, 6.45) is 5.03. The summed E-state index contributed by atoms with van der Waals surface area (Å²) in [4.78, 5) is 0. The summed E-state index contributed by atoms with van der Waals surface area (Å²) in [5, 5.41) is 13.3. The highest BCUT2D eigenvalue weighted by Crippen LogP contribution is 2.43. The molecular formula is C10H19NO. The Hall–Kier alpha value is -0.0800. The minimum atomic E-state index is -0.0544. The van der Waals surface area contributed by atoms with Gasteiger partial charge in [0, 0.05) is 19.0 Å². The molecule has 1 heterocycles. The molecule has 2 heteroatoms. The van der Waals surface area contributed by atoms with Gasteiger partial charge < -0.3 is 10.4 Å². The highest BCUT2D eigenvalue weighted by atomic mass is 16.3. The van der Waals surface area contributed by atoms with Crippen LogP contribution in [0.5, 0.6) is 0 Å². The van der Waals surface area contributed by atoms with Crippen molar-refractivity contribution < 1.29 is 5.11 Å². The van der Waals surface area contributed by atoms with E-state index < -0.39 is 0 Å². The molecule has 2 rings (SSSR count). The van der Waals surface area contributed by atoms with Gasteiger partial charge in [0.2, 0.25) is 0 Å². The Morgan fingerprint density at radius 3 is 2.33 bits per heavy atom. The van der Waals surface area contributed by atoms with Crippen LogP contribution in [0, 0.1) is 11.3 Å². The molecule has 2 N–H and O–H groups in total. The third-order valence-electron chi connectivity index (χ3n) is 3.72. The molecule has 0 aromatic rings. The van der Waals surface area contributed by atoms with Gasteiger partial charge in [0.05, 0.1) is 6.10 Å².